The molecule has 34 heavy (non-hydrogen) atoms. The van der Waals surface area contributed by atoms with E-state index in [1.165, 1.54) is 14.2 Å². The molecule has 0 fully saturated rings. The molecule has 1 aliphatic rings. The van der Waals surface area contributed by atoms with Gasteiger partial charge in [-0.25, -0.2) is 9.59 Å². The van der Waals surface area contributed by atoms with Gasteiger partial charge in [0, 0.05) is 11.4 Å². The van der Waals surface area contributed by atoms with Crippen LogP contribution in [-0.4, -0.2) is 32.7 Å². The summed E-state index contributed by atoms with van der Waals surface area (Å²) < 4.78 is 10.3. The zero-order valence-electron chi connectivity index (χ0n) is 19.8. The lowest BCUT2D eigenvalue weighted by Gasteiger charge is -2.47. The van der Waals surface area contributed by atoms with Crippen molar-refractivity contribution in [1.29, 1.82) is 0 Å². The highest BCUT2D eigenvalue weighted by molar-refractivity contribution is 6.04. The summed E-state index contributed by atoms with van der Waals surface area (Å²) in [6.07, 6.45) is -0.408. The molecular formula is C28H28N2O4. The summed E-state index contributed by atoms with van der Waals surface area (Å²) in [4.78, 5) is 30.1. The minimum Gasteiger partial charge on any atom is -0.466 e. The minimum atomic E-state index is -0.592. The fourth-order valence-electron chi connectivity index (χ4n) is 4.24. The van der Waals surface area contributed by atoms with Crippen LogP contribution >= 0.6 is 0 Å². The Balaban J connectivity index is 2.03. The number of anilines is 2. The smallest absolute Gasteiger partial charge is 0.355 e. The maximum Gasteiger partial charge on any atom is 0.355 e. The summed E-state index contributed by atoms with van der Waals surface area (Å²) in [6, 6.07) is 25.9. The summed E-state index contributed by atoms with van der Waals surface area (Å²) in [6.45, 7) is 4.22. The third-order valence-electron chi connectivity index (χ3n) is 5.98. The van der Waals surface area contributed by atoms with Crippen molar-refractivity contribution in [3.63, 3.8) is 0 Å². The summed E-state index contributed by atoms with van der Waals surface area (Å²) >= 11 is 0. The third-order valence-corrected chi connectivity index (χ3v) is 5.98. The average molecular weight is 457 g/mol. The molecule has 0 amide bonds. The number of carbonyl (C=O) groups is 2. The van der Waals surface area contributed by atoms with Crippen LogP contribution < -0.4 is 9.80 Å². The number of hydrogen-bond donors (Lipinski definition) is 0. The van der Waals surface area contributed by atoms with Crippen LogP contribution in [-0.2, 0) is 19.1 Å². The SMILES string of the molecule is COC(=O)C1=C(C(=O)OC)N(c2ccc(C)cc2)C(c2ccccc2)N(c2ccc(C)cc2)C1. The number of carbonyl (C=O) groups excluding carboxylic acids is 2. The molecule has 1 unspecified atom stereocenters. The van der Waals surface area contributed by atoms with Crippen molar-refractivity contribution in [1.82, 2.24) is 0 Å². The Hall–Kier alpha value is -4.06. The number of nitrogens with zero attached hydrogens (tertiary/aromatic N) is 2. The Bertz CT molecular complexity index is 1200. The van der Waals surface area contributed by atoms with E-state index in [9.17, 15) is 9.59 Å². The van der Waals surface area contributed by atoms with E-state index in [4.69, 9.17) is 9.47 Å². The van der Waals surface area contributed by atoms with Crippen LogP contribution in [0.15, 0.2) is 90.1 Å². The molecule has 0 aliphatic carbocycles. The van der Waals surface area contributed by atoms with Crippen LogP contribution in [0.3, 0.4) is 0 Å². The van der Waals surface area contributed by atoms with Gasteiger partial charge in [-0.05, 0) is 43.7 Å². The van der Waals surface area contributed by atoms with Crippen molar-refractivity contribution in [2.24, 2.45) is 0 Å². The van der Waals surface area contributed by atoms with Gasteiger partial charge in [0.1, 0.15) is 11.9 Å². The second-order valence-corrected chi connectivity index (χ2v) is 8.26. The summed E-state index contributed by atoms with van der Waals surface area (Å²) in [5, 5.41) is 0. The Kier molecular flexibility index (Phi) is 6.68. The maximum absolute atomic E-state index is 13.2. The summed E-state index contributed by atoms with van der Waals surface area (Å²) in [5.41, 5.74) is 5.28. The van der Waals surface area contributed by atoms with E-state index >= 15 is 0 Å². The van der Waals surface area contributed by atoms with Gasteiger partial charge in [-0.15, -0.1) is 0 Å². The van der Waals surface area contributed by atoms with Gasteiger partial charge in [0.2, 0.25) is 0 Å². The first-order valence-corrected chi connectivity index (χ1v) is 11.1. The Labute approximate surface area is 200 Å². The predicted octanol–water partition coefficient (Wildman–Crippen LogP) is 4.93. The highest BCUT2D eigenvalue weighted by Gasteiger charge is 2.42. The number of benzene rings is 3. The zero-order valence-corrected chi connectivity index (χ0v) is 19.8. The minimum absolute atomic E-state index is 0.176. The van der Waals surface area contributed by atoms with Crippen molar-refractivity contribution in [2.45, 2.75) is 20.0 Å². The topological polar surface area (TPSA) is 59.1 Å². The van der Waals surface area contributed by atoms with E-state index in [-0.39, 0.29) is 17.8 Å². The van der Waals surface area contributed by atoms with E-state index in [1.807, 2.05) is 97.6 Å². The maximum atomic E-state index is 13.2. The van der Waals surface area contributed by atoms with E-state index < -0.39 is 18.1 Å². The van der Waals surface area contributed by atoms with Crippen LogP contribution in [0.25, 0.3) is 0 Å². The highest BCUT2D eigenvalue weighted by Crippen LogP contribution is 2.42. The van der Waals surface area contributed by atoms with Crippen molar-refractivity contribution in [2.75, 3.05) is 30.6 Å². The normalized spacial score (nSPS) is 15.8. The van der Waals surface area contributed by atoms with E-state index in [0.717, 1.165) is 28.1 Å². The second-order valence-electron chi connectivity index (χ2n) is 8.26. The van der Waals surface area contributed by atoms with E-state index in [2.05, 4.69) is 4.90 Å². The molecule has 1 aliphatic heterocycles. The molecule has 0 spiro atoms. The quantitative estimate of drug-likeness (QED) is 0.508. The lowest BCUT2D eigenvalue weighted by atomic mass is 9.99. The number of hydrogen-bond acceptors (Lipinski definition) is 6. The van der Waals surface area contributed by atoms with Gasteiger partial charge >= 0.3 is 11.9 Å². The van der Waals surface area contributed by atoms with Crippen molar-refractivity contribution in [3.05, 3.63) is 107 Å². The second kappa shape index (κ2) is 9.83. The first kappa shape index (κ1) is 23.1. The first-order valence-electron chi connectivity index (χ1n) is 11.1. The van der Waals surface area contributed by atoms with Gasteiger partial charge in [-0.3, -0.25) is 0 Å². The van der Waals surface area contributed by atoms with Gasteiger partial charge in [0.25, 0.3) is 0 Å². The fraction of sp³-hybridized carbons (Fsp3) is 0.214. The summed E-state index contributed by atoms with van der Waals surface area (Å²) in [7, 11) is 2.64. The van der Waals surface area contributed by atoms with Gasteiger partial charge in [-0.2, -0.15) is 0 Å². The molecule has 4 rings (SSSR count). The van der Waals surface area contributed by atoms with Crippen LogP contribution in [0, 0.1) is 13.8 Å². The molecule has 0 radical (unpaired) electrons. The van der Waals surface area contributed by atoms with Gasteiger partial charge in [-0.1, -0.05) is 65.7 Å². The number of aryl methyl sites for hydroxylation is 2. The number of methoxy groups -OCH3 is 2. The standard InChI is InChI=1S/C28H28N2O4/c1-19-10-14-22(15-11-19)29-18-24(27(31)33-3)25(28(32)34-4)30(23-16-12-20(2)13-17-23)26(29)21-8-6-5-7-9-21/h5-17,26H,18H2,1-4H3. The molecule has 174 valence electrons. The van der Waals surface area contributed by atoms with Crippen LogP contribution in [0.2, 0.25) is 0 Å². The molecule has 0 aromatic heterocycles. The van der Waals surface area contributed by atoms with Crippen LogP contribution in [0.1, 0.15) is 22.9 Å². The zero-order chi connectivity index (χ0) is 24.2. The van der Waals surface area contributed by atoms with Gasteiger partial charge in [0.15, 0.2) is 0 Å². The Morgan fingerprint density at radius 3 is 1.79 bits per heavy atom. The predicted molar refractivity (Wildman–Crippen MR) is 132 cm³/mol. The summed E-state index contributed by atoms with van der Waals surface area (Å²) in [5.74, 6) is -1.16. The fourth-order valence-corrected chi connectivity index (χ4v) is 4.24. The molecule has 0 bridgehead atoms. The number of ether oxygens (including phenoxy) is 2. The highest BCUT2D eigenvalue weighted by atomic mass is 16.5. The first-order chi connectivity index (χ1) is 16.4. The lowest BCUT2D eigenvalue weighted by Crippen LogP contribution is -2.50. The molecule has 6 nitrogen and oxygen atoms in total. The average Bonchev–Trinajstić information content (AvgIpc) is 2.88. The molecule has 3 aromatic rings. The molecule has 1 heterocycles. The van der Waals surface area contributed by atoms with Crippen LogP contribution in [0.5, 0.6) is 0 Å². The third kappa shape index (κ3) is 4.39. The molecular weight excluding hydrogens is 428 g/mol. The largest absolute Gasteiger partial charge is 0.466 e. The molecule has 3 aromatic carbocycles. The van der Waals surface area contributed by atoms with Gasteiger partial charge in [0.05, 0.1) is 26.3 Å². The van der Waals surface area contributed by atoms with Crippen molar-refractivity contribution < 1.29 is 19.1 Å². The number of rotatable bonds is 5. The van der Waals surface area contributed by atoms with Crippen molar-refractivity contribution >= 4 is 23.3 Å². The molecule has 0 N–H and O–H groups in total. The molecule has 1 atom stereocenters. The Morgan fingerprint density at radius 2 is 1.26 bits per heavy atom. The van der Waals surface area contributed by atoms with E-state index in [0.29, 0.717) is 0 Å². The van der Waals surface area contributed by atoms with E-state index in [1.54, 1.807) is 0 Å². The molecule has 6 heteroatoms. The van der Waals surface area contributed by atoms with Crippen LogP contribution in [0.4, 0.5) is 11.4 Å². The lowest BCUT2D eigenvalue weighted by molar-refractivity contribution is -0.139. The molecule has 0 saturated carbocycles. The number of esters is 2. The van der Waals surface area contributed by atoms with Gasteiger partial charge < -0.3 is 19.3 Å². The Morgan fingerprint density at radius 1 is 0.735 bits per heavy atom. The van der Waals surface area contributed by atoms with Crippen molar-refractivity contribution in [3.8, 4) is 0 Å². The monoisotopic (exact) mass is 456 g/mol. The molecule has 0 saturated heterocycles.